The van der Waals surface area contributed by atoms with Crippen LogP contribution in [0, 0.1) is 36.3 Å². The lowest BCUT2D eigenvalue weighted by molar-refractivity contribution is -0.384. The van der Waals surface area contributed by atoms with Gasteiger partial charge in [-0.05, 0) is 49.2 Å². The highest BCUT2D eigenvalue weighted by Crippen LogP contribution is 2.29. The Morgan fingerprint density at radius 2 is 1.93 bits per heavy atom. The van der Waals surface area contributed by atoms with E-state index in [9.17, 15) is 14.9 Å². The molecule has 29 heavy (non-hydrogen) atoms. The molecule has 0 N–H and O–H groups in total. The Hall–Kier alpha value is -3.28. The number of aromatic nitrogens is 1. The first-order chi connectivity index (χ1) is 13.9. The molecule has 0 unspecified atom stereocenters. The van der Waals surface area contributed by atoms with Crippen molar-refractivity contribution in [2.75, 3.05) is 0 Å². The first kappa shape index (κ1) is 19.1. The maximum Gasteiger partial charge on any atom is 0.289 e. The average molecular weight is 422 g/mol. The van der Waals surface area contributed by atoms with Gasteiger partial charge in [0.15, 0.2) is 4.80 Å². The lowest BCUT2D eigenvalue weighted by Gasteiger charge is -2.03. The number of terminal acetylenes is 1. The summed E-state index contributed by atoms with van der Waals surface area (Å²) in [5.41, 5.74) is 3.25. The number of hydrogen-bond acceptors (Lipinski definition) is 5. The highest BCUT2D eigenvalue weighted by molar-refractivity contribution is 7.21. The number of fused-ring (bicyclic) bond motifs is 2. The molecule has 2 aromatic carbocycles. The van der Waals surface area contributed by atoms with Crippen molar-refractivity contribution >= 4 is 54.6 Å². The molecule has 4 rings (SSSR count). The molecule has 144 valence electrons. The summed E-state index contributed by atoms with van der Waals surface area (Å²) in [6.07, 6.45) is 5.53. The minimum Gasteiger partial charge on any atom is -0.305 e. The third-order valence-electron chi connectivity index (χ3n) is 4.67. The van der Waals surface area contributed by atoms with Gasteiger partial charge in [-0.2, -0.15) is 4.99 Å². The second kappa shape index (κ2) is 7.28. The quantitative estimate of drug-likeness (QED) is 0.270. The van der Waals surface area contributed by atoms with Gasteiger partial charge in [-0.3, -0.25) is 14.9 Å². The predicted octanol–water partition coefficient (Wildman–Crippen LogP) is 4.82. The molecule has 4 aromatic rings. The molecular formula is C21H15N3O3S2. The minimum atomic E-state index is -0.451. The number of non-ortho nitro benzene ring substituents is 1. The van der Waals surface area contributed by atoms with Gasteiger partial charge in [0.2, 0.25) is 0 Å². The van der Waals surface area contributed by atoms with Crippen molar-refractivity contribution in [2.24, 2.45) is 4.99 Å². The van der Waals surface area contributed by atoms with Crippen molar-refractivity contribution < 1.29 is 9.72 Å². The lowest BCUT2D eigenvalue weighted by atomic mass is 10.1. The molecular weight excluding hydrogens is 406 g/mol. The Morgan fingerprint density at radius 3 is 2.66 bits per heavy atom. The highest BCUT2D eigenvalue weighted by atomic mass is 32.1. The van der Waals surface area contributed by atoms with E-state index in [4.69, 9.17) is 6.42 Å². The molecule has 0 radical (unpaired) electrons. The van der Waals surface area contributed by atoms with Crippen molar-refractivity contribution in [2.45, 2.75) is 20.4 Å². The molecule has 0 atom stereocenters. The number of nitro benzene ring substituents is 1. The van der Waals surface area contributed by atoms with Gasteiger partial charge in [0.05, 0.1) is 26.6 Å². The Morgan fingerprint density at radius 1 is 1.17 bits per heavy atom. The number of hydrogen-bond donors (Lipinski definition) is 0. The van der Waals surface area contributed by atoms with Gasteiger partial charge in [0, 0.05) is 22.2 Å². The topological polar surface area (TPSA) is 77.5 Å². The fraction of sp³-hybridized carbons (Fsp3) is 0.143. The normalized spacial score (nSPS) is 11.8. The molecule has 8 heteroatoms. The molecule has 2 aromatic heterocycles. The van der Waals surface area contributed by atoms with E-state index in [-0.39, 0.29) is 11.6 Å². The average Bonchev–Trinajstić information content (AvgIpc) is 3.24. The second-order valence-electron chi connectivity index (χ2n) is 6.59. The van der Waals surface area contributed by atoms with E-state index in [0.717, 1.165) is 26.0 Å². The maximum atomic E-state index is 12.8. The van der Waals surface area contributed by atoms with Gasteiger partial charge in [0.25, 0.3) is 11.6 Å². The van der Waals surface area contributed by atoms with Gasteiger partial charge in [-0.25, -0.2) is 0 Å². The van der Waals surface area contributed by atoms with Gasteiger partial charge >= 0.3 is 0 Å². The number of carbonyl (C=O) groups is 1. The van der Waals surface area contributed by atoms with E-state index in [1.54, 1.807) is 12.1 Å². The predicted molar refractivity (Wildman–Crippen MR) is 116 cm³/mol. The van der Waals surface area contributed by atoms with Crippen LogP contribution >= 0.6 is 22.7 Å². The third-order valence-corrected chi connectivity index (χ3v) is 6.81. The summed E-state index contributed by atoms with van der Waals surface area (Å²) in [5, 5.41) is 11.6. The maximum absolute atomic E-state index is 12.8. The van der Waals surface area contributed by atoms with Crippen LogP contribution in [0.1, 0.15) is 20.8 Å². The number of carbonyl (C=O) groups excluding carboxylic acids is 1. The zero-order valence-corrected chi connectivity index (χ0v) is 17.3. The highest BCUT2D eigenvalue weighted by Gasteiger charge is 2.14. The Labute approximate surface area is 173 Å². The molecule has 0 saturated heterocycles. The molecule has 6 nitrogen and oxygen atoms in total. The van der Waals surface area contributed by atoms with Crippen LogP contribution in [0.4, 0.5) is 5.69 Å². The van der Waals surface area contributed by atoms with E-state index in [2.05, 4.69) is 23.0 Å². The number of aryl methyl sites for hydroxylation is 2. The van der Waals surface area contributed by atoms with Crippen LogP contribution < -0.4 is 4.80 Å². The van der Waals surface area contributed by atoms with Crippen LogP contribution in [-0.4, -0.2) is 15.4 Å². The van der Waals surface area contributed by atoms with Crippen molar-refractivity contribution in [1.29, 1.82) is 0 Å². The molecule has 1 amide bonds. The Kier molecular flexibility index (Phi) is 4.78. The number of rotatable bonds is 3. The van der Waals surface area contributed by atoms with Gasteiger partial charge in [-0.1, -0.05) is 17.3 Å². The first-order valence-electron chi connectivity index (χ1n) is 8.68. The molecule has 0 saturated carbocycles. The SMILES string of the molecule is C#CCn1c(=NC(=O)c2cc3cc([N+](=O)[O-])ccc3s2)sc2cc(C)c(C)cc21. The van der Waals surface area contributed by atoms with Gasteiger partial charge < -0.3 is 4.57 Å². The summed E-state index contributed by atoms with van der Waals surface area (Å²) in [4.78, 5) is 28.6. The van der Waals surface area contributed by atoms with E-state index < -0.39 is 4.92 Å². The van der Waals surface area contributed by atoms with E-state index >= 15 is 0 Å². The Bertz CT molecular complexity index is 1420. The summed E-state index contributed by atoms with van der Waals surface area (Å²) in [6, 6.07) is 10.3. The Balaban J connectivity index is 1.83. The summed E-state index contributed by atoms with van der Waals surface area (Å²) >= 11 is 2.68. The molecule has 0 aliphatic heterocycles. The number of benzene rings is 2. The number of thiophene rings is 1. The molecule has 0 aliphatic carbocycles. The fourth-order valence-corrected chi connectivity index (χ4v) is 5.08. The first-order valence-corrected chi connectivity index (χ1v) is 10.3. The minimum absolute atomic E-state index is 0.00616. The third kappa shape index (κ3) is 3.46. The van der Waals surface area contributed by atoms with Crippen LogP contribution in [-0.2, 0) is 6.54 Å². The number of amides is 1. The zero-order valence-electron chi connectivity index (χ0n) is 15.6. The number of nitrogens with zero attached hydrogens (tertiary/aromatic N) is 3. The van der Waals surface area contributed by atoms with Crippen LogP contribution in [0.15, 0.2) is 41.4 Å². The largest absolute Gasteiger partial charge is 0.305 e. The molecule has 2 heterocycles. The standard InChI is InChI=1S/C21H15N3O3S2/c1-4-7-23-16-8-12(2)13(3)9-18(16)29-21(23)22-20(25)19-11-14-10-15(24(26)27)5-6-17(14)28-19/h1,5-6,8-11H,7H2,2-3H3. The number of nitro groups is 1. The molecule has 0 spiro atoms. The van der Waals surface area contributed by atoms with Crippen molar-refractivity contribution in [3.63, 3.8) is 0 Å². The fourth-order valence-electron chi connectivity index (χ4n) is 3.04. The van der Waals surface area contributed by atoms with Gasteiger partial charge in [0.1, 0.15) is 0 Å². The smallest absolute Gasteiger partial charge is 0.289 e. The molecule has 0 bridgehead atoms. The van der Waals surface area contributed by atoms with E-state index in [1.165, 1.54) is 34.8 Å². The summed E-state index contributed by atoms with van der Waals surface area (Å²) < 4.78 is 3.68. The van der Waals surface area contributed by atoms with Crippen LogP contribution in [0.5, 0.6) is 0 Å². The zero-order chi connectivity index (χ0) is 20.7. The molecule has 0 aliphatic rings. The lowest BCUT2D eigenvalue weighted by Crippen LogP contribution is -2.16. The van der Waals surface area contributed by atoms with Crippen LogP contribution in [0.2, 0.25) is 0 Å². The van der Waals surface area contributed by atoms with E-state index in [1.807, 2.05) is 18.4 Å². The van der Waals surface area contributed by atoms with Crippen molar-refractivity contribution in [1.82, 2.24) is 4.57 Å². The van der Waals surface area contributed by atoms with E-state index in [0.29, 0.717) is 21.6 Å². The number of thiazole rings is 1. The summed E-state index contributed by atoms with van der Waals surface area (Å²) in [5.74, 6) is 2.24. The monoisotopic (exact) mass is 421 g/mol. The summed E-state index contributed by atoms with van der Waals surface area (Å²) in [6.45, 7) is 4.39. The van der Waals surface area contributed by atoms with Gasteiger partial charge in [-0.15, -0.1) is 17.8 Å². The van der Waals surface area contributed by atoms with Crippen LogP contribution in [0.3, 0.4) is 0 Å². The molecule has 0 fully saturated rings. The second-order valence-corrected chi connectivity index (χ2v) is 8.68. The summed E-state index contributed by atoms with van der Waals surface area (Å²) in [7, 11) is 0. The van der Waals surface area contributed by atoms with Crippen molar-refractivity contribution in [3.8, 4) is 12.3 Å². The van der Waals surface area contributed by atoms with Crippen LogP contribution in [0.25, 0.3) is 20.3 Å². The van der Waals surface area contributed by atoms with Crippen molar-refractivity contribution in [3.05, 3.63) is 67.3 Å².